The summed E-state index contributed by atoms with van der Waals surface area (Å²) < 4.78 is 0. The maximum Gasteiger partial charge on any atom is 0.245 e. The third kappa shape index (κ3) is 10.7. The molecule has 0 spiro atoms. The quantitative estimate of drug-likeness (QED) is 0.120. The standard InChI is InChI=1S/C34H48N10O9S/c1-3-16(2)28-32(52)39-12-26(47)40-23(31(51)41-22(8-9-25(36)46)34(53)44-14-17(45)10-24(44)29(37)49)15-54-33-19(18-6-4-5-7-21(18)42-33)11-20(35)30(50)38-13-27(48)43-28/h4-7,16-17,20,22-24,28,42,45H,3,8-15,35H2,1-2H3,(H2,36,46)(H2,37,49)(H,38,50)(H,39,52)(H,40,47)(H,41,51)(H,43,48)/t16-,17+,20?,22-,23-,24-,28-/m0/s1. The van der Waals surface area contributed by atoms with E-state index in [0.29, 0.717) is 22.5 Å². The highest BCUT2D eigenvalue weighted by atomic mass is 32.2. The van der Waals surface area contributed by atoms with Gasteiger partial charge in [-0.15, -0.1) is 11.8 Å². The number of carbonyl (C=O) groups excluding carboxylic acids is 8. The SMILES string of the molecule is CC[C@H](C)[C@@H]1NC(=O)CNC(=O)C(N)Cc2c([nH]c3ccccc23)SC[C@@H](C(=O)N[C@@H](CCC(N)=O)C(=O)N2C[C@H](O)C[C@H]2C(N)=O)NC(=O)CNC1=O. The van der Waals surface area contributed by atoms with Crippen LogP contribution in [-0.2, 0) is 44.8 Å². The van der Waals surface area contributed by atoms with E-state index in [4.69, 9.17) is 17.2 Å². The van der Waals surface area contributed by atoms with Gasteiger partial charge in [0.25, 0.3) is 0 Å². The van der Waals surface area contributed by atoms with Gasteiger partial charge in [0.15, 0.2) is 0 Å². The molecule has 2 aromatic rings. The topological polar surface area (TPSA) is 314 Å². The Morgan fingerprint density at radius 2 is 1.69 bits per heavy atom. The normalized spacial score (nSPS) is 24.4. The van der Waals surface area contributed by atoms with Crippen LogP contribution in [0, 0.1) is 5.92 Å². The van der Waals surface area contributed by atoms with Gasteiger partial charge in [-0.2, -0.15) is 0 Å². The molecule has 0 radical (unpaired) electrons. The van der Waals surface area contributed by atoms with E-state index >= 15 is 0 Å². The second-order valence-electron chi connectivity index (χ2n) is 13.5. The van der Waals surface area contributed by atoms with Crippen molar-refractivity contribution in [1.82, 2.24) is 36.5 Å². The lowest BCUT2D eigenvalue weighted by Gasteiger charge is -2.29. The lowest BCUT2D eigenvalue weighted by atomic mass is 9.98. The first-order valence-electron chi connectivity index (χ1n) is 17.6. The lowest BCUT2D eigenvalue weighted by Crippen LogP contribution is -2.58. The molecule has 13 N–H and O–H groups in total. The molecule has 7 atom stereocenters. The van der Waals surface area contributed by atoms with Crippen molar-refractivity contribution in [2.24, 2.45) is 23.1 Å². The van der Waals surface area contributed by atoms with Crippen LogP contribution in [-0.4, -0.2) is 124 Å². The van der Waals surface area contributed by atoms with Crippen molar-refractivity contribution in [3.63, 3.8) is 0 Å². The fourth-order valence-electron chi connectivity index (χ4n) is 6.25. The number of rotatable bonds is 9. The van der Waals surface area contributed by atoms with Gasteiger partial charge in [0.2, 0.25) is 47.3 Å². The average molecular weight is 773 g/mol. The molecule has 2 aliphatic heterocycles. The van der Waals surface area contributed by atoms with Crippen LogP contribution in [0.15, 0.2) is 29.3 Å². The number of amides is 8. The van der Waals surface area contributed by atoms with Gasteiger partial charge in [-0.05, 0) is 30.4 Å². The number of nitrogens with two attached hydrogens (primary N) is 3. The zero-order chi connectivity index (χ0) is 39.7. The number of likely N-dealkylation sites (tertiary alicyclic amines) is 1. The second-order valence-corrected chi connectivity index (χ2v) is 14.5. The molecule has 20 heteroatoms. The number of primary amides is 2. The van der Waals surface area contributed by atoms with Crippen LogP contribution in [0.2, 0.25) is 0 Å². The van der Waals surface area contributed by atoms with Gasteiger partial charge in [-0.1, -0.05) is 38.5 Å². The van der Waals surface area contributed by atoms with Gasteiger partial charge in [-0.25, -0.2) is 0 Å². The number of β-amino-alcohol motifs (C(OH)–C–C–N with tert-alkyl or cyclic N) is 1. The number of aliphatic hydroxyl groups excluding tert-OH is 1. The number of nitrogens with one attached hydrogen (secondary N) is 6. The highest BCUT2D eigenvalue weighted by Gasteiger charge is 2.41. The number of thioether (sulfide) groups is 1. The van der Waals surface area contributed by atoms with E-state index in [-0.39, 0.29) is 43.9 Å². The molecule has 0 aliphatic carbocycles. The molecule has 54 heavy (non-hydrogen) atoms. The summed E-state index contributed by atoms with van der Waals surface area (Å²) in [6.45, 7) is 2.27. The van der Waals surface area contributed by atoms with Gasteiger partial charge >= 0.3 is 0 Å². The Bertz CT molecular complexity index is 1770. The molecule has 4 rings (SSSR count). The van der Waals surface area contributed by atoms with E-state index < -0.39 is 96.7 Å². The predicted molar refractivity (Wildman–Crippen MR) is 196 cm³/mol. The van der Waals surface area contributed by atoms with Crippen LogP contribution in [0.25, 0.3) is 10.9 Å². The smallest absolute Gasteiger partial charge is 0.245 e. The van der Waals surface area contributed by atoms with Crippen LogP contribution >= 0.6 is 11.8 Å². The maximum atomic E-state index is 14.0. The minimum atomic E-state index is -1.41. The number of nitrogens with zero attached hydrogens (tertiary/aromatic N) is 1. The molecule has 2 aliphatic rings. The molecule has 0 saturated carbocycles. The van der Waals surface area contributed by atoms with Crippen molar-refractivity contribution in [1.29, 1.82) is 0 Å². The first-order chi connectivity index (χ1) is 25.6. The molecule has 19 nitrogen and oxygen atoms in total. The van der Waals surface area contributed by atoms with Crippen molar-refractivity contribution >= 4 is 69.9 Å². The number of para-hydroxylation sites is 1. The first kappa shape index (κ1) is 41.5. The number of benzene rings is 1. The first-order valence-corrected chi connectivity index (χ1v) is 18.6. The van der Waals surface area contributed by atoms with Gasteiger partial charge in [-0.3, -0.25) is 38.4 Å². The number of carbonyl (C=O) groups is 8. The maximum absolute atomic E-state index is 14.0. The summed E-state index contributed by atoms with van der Waals surface area (Å²) in [4.78, 5) is 108. The van der Waals surface area contributed by atoms with E-state index in [2.05, 4.69) is 31.6 Å². The third-order valence-corrected chi connectivity index (χ3v) is 10.6. The summed E-state index contributed by atoms with van der Waals surface area (Å²) in [6.07, 6.45) is -1.25. The molecule has 294 valence electrons. The Kier molecular flexibility index (Phi) is 14.4. The minimum absolute atomic E-state index is 0.0212. The van der Waals surface area contributed by atoms with Crippen molar-refractivity contribution < 1.29 is 43.5 Å². The highest BCUT2D eigenvalue weighted by Crippen LogP contribution is 2.31. The highest BCUT2D eigenvalue weighted by molar-refractivity contribution is 7.99. The Labute approximate surface area is 315 Å². The number of aromatic amines is 1. The van der Waals surface area contributed by atoms with Crippen LogP contribution in [0.1, 0.15) is 45.1 Å². The Hall–Kier alpha value is -5.21. The summed E-state index contributed by atoms with van der Waals surface area (Å²) in [5.74, 6) is -6.49. The number of fused-ring (bicyclic) bond motifs is 3. The van der Waals surface area contributed by atoms with Crippen LogP contribution in [0.4, 0.5) is 0 Å². The Morgan fingerprint density at radius 3 is 2.35 bits per heavy atom. The second kappa shape index (κ2) is 18.7. The van der Waals surface area contributed by atoms with E-state index in [9.17, 15) is 43.5 Å². The van der Waals surface area contributed by atoms with Crippen molar-refractivity contribution in [3.8, 4) is 0 Å². The summed E-state index contributed by atoms with van der Waals surface area (Å²) in [5.41, 5.74) is 18.5. The number of aliphatic hydroxyl groups is 1. The third-order valence-electron chi connectivity index (χ3n) is 9.42. The fraction of sp³-hybridized carbons (Fsp3) is 0.529. The van der Waals surface area contributed by atoms with Crippen LogP contribution in [0.5, 0.6) is 0 Å². The molecule has 3 heterocycles. The Balaban J connectivity index is 1.67. The van der Waals surface area contributed by atoms with Gasteiger partial charge in [0, 0.05) is 36.0 Å². The number of hydrogen-bond donors (Lipinski definition) is 10. The van der Waals surface area contributed by atoms with E-state index in [1.165, 1.54) is 0 Å². The van der Waals surface area contributed by atoms with E-state index in [1.807, 2.05) is 13.0 Å². The van der Waals surface area contributed by atoms with Crippen molar-refractivity contribution in [3.05, 3.63) is 29.8 Å². The molecule has 1 unspecified atom stereocenters. The molecular weight excluding hydrogens is 725 g/mol. The van der Waals surface area contributed by atoms with E-state index in [1.54, 1.807) is 25.1 Å². The Morgan fingerprint density at radius 1 is 1.02 bits per heavy atom. The van der Waals surface area contributed by atoms with Gasteiger partial charge in [0.1, 0.15) is 24.2 Å². The zero-order valence-corrected chi connectivity index (χ0v) is 30.8. The largest absolute Gasteiger partial charge is 0.391 e. The number of aromatic nitrogens is 1. The van der Waals surface area contributed by atoms with Crippen molar-refractivity contribution in [2.45, 2.75) is 87.3 Å². The van der Waals surface area contributed by atoms with Crippen LogP contribution in [0.3, 0.4) is 0 Å². The zero-order valence-electron chi connectivity index (χ0n) is 30.0. The molecule has 1 fully saturated rings. The van der Waals surface area contributed by atoms with Gasteiger partial charge < -0.3 is 58.8 Å². The molecular formula is C34H48N10O9S. The minimum Gasteiger partial charge on any atom is -0.391 e. The molecule has 0 bridgehead atoms. The number of hydrogen-bond acceptors (Lipinski definition) is 11. The predicted octanol–water partition coefficient (Wildman–Crippen LogP) is -3.41. The molecule has 1 aromatic heterocycles. The monoisotopic (exact) mass is 772 g/mol. The summed E-state index contributed by atoms with van der Waals surface area (Å²) >= 11 is 1.12. The average Bonchev–Trinajstić information content (AvgIpc) is 3.70. The fourth-order valence-corrected chi connectivity index (χ4v) is 7.37. The van der Waals surface area contributed by atoms with Crippen molar-refractivity contribution in [2.75, 3.05) is 25.4 Å². The summed E-state index contributed by atoms with van der Waals surface area (Å²) in [6, 6.07) is 1.13. The molecule has 1 saturated heterocycles. The number of H-pyrrole nitrogens is 1. The molecule has 8 amide bonds. The summed E-state index contributed by atoms with van der Waals surface area (Å²) in [7, 11) is 0. The van der Waals surface area contributed by atoms with Crippen LogP contribution < -0.4 is 43.8 Å². The van der Waals surface area contributed by atoms with Gasteiger partial charge in [0.05, 0.1) is 30.3 Å². The summed E-state index contributed by atoms with van der Waals surface area (Å²) in [5, 5.41) is 24.2. The molecule has 1 aromatic carbocycles. The lowest BCUT2D eigenvalue weighted by molar-refractivity contribution is -0.141. The van der Waals surface area contributed by atoms with E-state index in [0.717, 1.165) is 22.0 Å².